The summed E-state index contributed by atoms with van der Waals surface area (Å²) >= 11 is 0. The molecule has 0 aromatic rings. The molecule has 20 heavy (non-hydrogen) atoms. The number of hydrogen-bond donors (Lipinski definition) is 3. The largest absolute Gasteiger partial charge is 0.352 e. The molecule has 0 radical (unpaired) electrons. The summed E-state index contributed by atoms with van der Waals surface area (Å²) in [6.45, 7) is 2.28. The van der Waals surface area contributed by atoms with Gasteiger partial charge in [-0.05, 0) is 12.8 Å². The van der Waals surface area contributed by atoms with E-state index in [2.05, 4.69) is 10.6 Å². The van der Waals surface area contributed by atoms with Crippen LogP contribution in [0.25, 0.3) is 0 Å². The highest BCUT2D eigenvalue weighted by Gasteiger charge is 2.40. The summed E-state index contributed by atoms with van der Waals surface area (Å²) < 4.78 is 0. The predicted molar refractivity (Wildman–Crippen MR) is 74.9 cm³/mol. The van der Waals surface area contributed by atoms with Crippen LogP contribution in [-0.4, -0.2) is 54.5 Å². The maximum absolute atomic E-state index is 12.3. The molecular weight excluding hydrogens is 256 g/mol. The van der Waals surface area contributed by atoms with Crippen molar-refractivity contribution in [2.45, 2.75) is 50.2 Å². The van der Waals surface area contributed by atoms with Gasteiger partial charge in [-0.1, -0.05) is 12.8 Å². The van der Waals surface area contributed by atoms with Gasteiger partial charge < -0.3 is 21.3 Å². The standard InChI is InChI=1S/C14H24N4O2/c15-11-3-1-2-4-12(11)17-14(20)9-5-13(19)18(8-9)10-6-16-7-10/h9-12,16H,1-8,15H2,(H,17,20)/t9?,11-,12-/m1/s1. The van der Waals surface area contributed by atoms with Gasteiger partial charge in [-0.2, -0.15) is 0 Å². The number of carbonyl (C=O) groups excluding carboxylic acids is 2. The van der Waals surface area contributed by atoms with Crippen LogP contribution < -0.4 is 16.4 Å². The van der Waals surface area contributed by atoms with E-state index in [9.17, 15) is 9.59 Å². The van der Waals surface area contributed by atoms with Gasteiger partial charge in [-0.15, -0.1) is 0 Å². The highest BCUT2D eigenvalue weighted by molar-refractivity contribution is 5.89. The minimum atomic E-state index is -0.197. The third-order valence-electron chi connectivity index (χ3n) is 4.88. The normalized spacial score (nSPS) is 35.0. The molecule has 112 valence electrons. The number of amides is 2. The fraction of sp³-hybridized carbons (Fsp3) is 0.857. The first-order valence-corrected chi connectivity index (χ1v) is 7.71. The molecular formula is C14H24N4O2. The second-order valence-corrected chi connectivity index (χ2v) is 6.32. The lowest BCUT2D eigenvalue weighted by molar-refractivity contribution is -0.131. The van der Waals surface area contributed by atoms with Gasteiger partial charge in [0.05, 0.1) is 12.0 Å². The monoisotopic (exact) mass is 280 g/mol. The molecule has 0 aromatic heterocycles. The number of rotatable bonds is 3. The zero-order valence-electron chi connectivity index (χ0n) is 11.8. The van der Waals surface area contributed by atoms with Gasteiger partial charge in [0, 0.05) is 38.1 Å². The number of nitrogens with two attached hydrogens (primary N) is 1. The summed E-state index contributed by atoms with van der Waals surface area (Å²) in [5.41, 5.74) is 6.06. The van der Waals surface area contributed by atoms with Crippen LogP contribution in [0.4, 0.5) is 0 Å². The Morgan fingerprint density at radius 2 is 2.05 bits per heavy atom. The summed E-state index contributed by atoms with van der Waals surface area (Å²) in [6.07, 6.45) is 4.57. The van der Waals surface area contributed by atoms with Gasteiger partial charge >= 0.3 is 0 Å². The highest BCUT2D eigenvalue weighted by atomic mass is 16.2. The van der Waals surface area contributed by atoms with Gasteiger partial charge in [-0.25, -0.2) is 0 Å². The molecule has 3 aliphatic rings. The van der Waals surface area contributed by atoms with Crippen molar-refractivity contribution in [2.24, 2.45) is 11.7 Å². The third kappa shape index (κ3) is 2.67. The zero-order chi connectivity index (χ0) is 14.1. The van der Waals surface area contributed by atoms with Gasteiger partial charge in [0.15, 0.2) is 0 Å². The molecule has 2 saturated heterocycles. The number of hydrogen-bond acceptors (Lipinski definition) is 4. The lowest BCUT2D eigenvalue weighted by Gasteiger charge is -2.35. The summed E-state index contributed by atoms with van der Waals surface area (Å²) in [4.78, 5) is 26.2. The molecule has 2 heterocycles. The van der Waals surface area contributed by atoms with E-state index in [1.54, 1.807) is 0 Å². The Morgan fingerprint density at radius 3 is 2.70 bits per heavy atom. The second kappa shape index (κ2) is 5.69. The molecule has 3 rings (SSSR count). The van der Waals surface area contributed by atoms with E-state index in [4.69, 9.17) is 5.73 Å². The molecule has 6 nitrogen and oxygen atoms in total. The van der Waals surface area contributed by atoms with Crippen LogP contribution in [-0.2, 0) is 9.59 Å². The van der Waals surface area contributed by atoms with E-state index < -0.39 is 0 Å². The van der Waals surface area contributed by atoms with Crippen LogP contribution in [0.5, 0.6) is 0 Å². The Hall–Kier alpha value is -1.14. The maximum atomic E-state index is 12.3. The molecule has 0 bridgehead atoms. The number of nitrogens with zero attached hydrogens (tertiary/aromatic N) is 1. The minimum Gasteiger partial charge on any atom is -0.352 e. The van der Waals surface area contributed by atoms with E-state index >= 15 is 0 Å². The van der Waals surface area contributed by atoms with E-state index in [1.807, 2.05) is 4.90 Å². The van der Waals surface area contributed by atoms with Crippen LogP contribution in [0.3, 0.4) is 0 Å². The molecule has 2 aliphatic heterocycles. The average molecular weight is 280 g/mol. The van der Waals surface area contributed by atoms with Crippen molar-refractivity contribution in [2.75, 3.05) is 19.6 Å². The fourth-order valence-corrected chi connectivity index (χ4v) is 3.39. The summed E-state index contributed by atoms with van der Waals surface area (Å²) in [5.74, 6) is -0.0719. The first-order chi connectivity index (χ1) is 9.65. The Labute approximate surface area is 119 Å². The van der Waals surface area contributed by atoms with Crippen LogP contribution in [0.2, 0.25) is 0 Å². The summed E-state index contributed by atoms with van der Waals surface area (Å²) in [6, 6.07) is 0.444. The highest BCUT2D eigenvalue weighted by Crippen LogP contribution is 2.23. The molecule has 1 aliphatic carbocycles. The third-order valence-corrected chi connectivity index (χ3v) is 4.88. The first kappa shape index (κ1) is 13.8. The Balaban J connectivity index is 1.53. The van der Waals surface area contributed by atoms with E-state index in [-0.39, 0.29) is 35.9 Å². The maximum Gasteiger partial charge on any atom is 0.225 e. The van der Waals surface area contributed by atoms with Crippen molar-refractivity contribution in [3.05, 3.63) is 0 Å². The smallest absolute Gasteiger partial charge is 0.225 e. The van der Waals surface area contributed by atoms with Crippen molar-refractivity contribution >= 4 is 11.8 Å². The van der Waals surface area contributed by atoms with Gasteiger partial charge in [-0.3, -0.25) is 9.59 Å². The second-order valence-electron chi connectivity index (χ2n) is 6.32. The summed E-state index contributed by atoms with van der Waals surface area (Å²) in [5, 5.41) is 6.23. The van der Waals surface area contributed by atoms with E-state index in [1.165, 1.54) is 0 Å². The van der Waals surface area contributed by atoms with Crippen LogP contribution in [0.15, 0.2) is 0 Å². The summed E-state index contributed by atoms with van der Waals surface area (Å²) in [7, 11) is 0. The molecule has 0 aromatic carbocycles. The van der Waals surface area contributed by atoms with Crippen LogP contribution in [0.1, 0.15) is 32.1 Å². The fourth-order valence-electron chi connectivity index (χ4n) is 3.39. The molecule has 1 unspecified atom stereocenters. The quantitative estimate of drug-likeness (QED) is 0.631. The molecule has 0 spiro atoms. The van der Waals surface area contributed by atoms with Crippen molar-refractivity contribution in [3.63, 3.8) is 0 Å². The van der Waals surface area contributed by atoms with Gasteiger partial charge in [0.25, 0.3) is 0 Å². The van der Waals surface area contributed by atoms with Crippen molar-refractivity contribution in [3.8, 4) is 0 Å². The van der Waals surface area contributed by atoms with Crippen molar-refractivity contribution in [1.29, 1.82) is 0 Å². The first-order valence-electron chi connectivity index (χ1n) is 7.71. The predicted octanol–water partition coefficient (Wildman–Crippen LogP) is -0.807. The minimum absolute atomic E-state index is 0.00971. The number of carbonyl (C=O) groups is 2. The Kier molecular flexibility index (Phi) is 3.94. The molecule has 3 fully saturated rings. The molecule has 6 heteroatoms. The lowest BCUT2D eigenvalue weighted by atomic mass is 9.90. The Morgan fingerprint density at radius 1 is 1.30 bits per heavy atom. The molecule has 2 amide bonds. The van der Waals surface area contributed by atoms with Gasteiger partial charge in [0.1, 0.15) is 0 Å². The average Bonchev–Trinajstić information content (AvgIpc) is 2.73. The lowest BCUT2D eigenvalue weighted by Crippen LogP contribution is -2.57. The number of likely N-dealkylation sites (tertiary alicyclic amines) is 1. The van der Waals surface area contributed by atoms with Gasteiger partial charge in [0.2, 0.25) is 11.8 Å². The SMILES string of the molecule is N[C@@H]1CCCC[C@H]1NC(=O)C1CC(=O)N(C2CNC2)C1. The molecule has 4 N–H and O–H groups in total. The topological polar surface area (TPSA) is 87.5 Å². The van der Waals surface area contributed by atoms with Crippen molar-refractivity contribution < 1.29 is 9.59 Å². The molecule has 1 saturated carbocycles. The van der Waals surface area contributed by atoms with E-state index in [0.717, 1.165) is 38.8 Å². The van der Waals surface area contributed by atoms with Crippen LogP contribution >= 0.6 is 0 Å². The van der Waals surface area contributed by atoms with Crippen molar-refractivity contribution in [1.82, 2.24) is 15.5 Å². The molecule has 3 atom stereocenters. The van der Waals surface area contributed by atoms with Crippen LogP contribution in [0, 0.1) is 5.92 Å². The zero-order valence-corrected chi connectivity index (χ0v) is 11.8. The Bertz CT molecular complexity index is 397. The number of nitrogens with one attached hydrogen (secondary N) is 2. The van der Waals surface area contributed by atoms with E-state index in [0.29, 0.717) is 13.0 Å².